The quantitative estimate of drug-likeness (QED) is 0.827. The van der Waals surface area contributed by atoms with Crippen molar-refractivity contribution in [3.8, 4) is 0 Å². The number of rotatable bonds is 5. The second-order valence-electron chi connectivity index (χ2n) is 8.35. The van der Waals surface area contributed by atoms with Crippen molar-refractivity contribution < 1.29 is 4.79 Å². The van der Waals surface area contributed by atoms with E-state index in [4.69, 9.17) is 0 Å². The van der Waals surface area contributed by atoms with Crippen molar-refractivity contribution >= 4 is 29.7 Å². The standard InChI is InChI=1S/C20H31N3OS.ClH/c1-16(24)23(14-18-4-11-25-15-18)19-12-20(19)5-9-22(10-6-20)13-17-2-7-21-8-3-17;/h4,11,15,17,19,21H,2-3,5-10,12-14H2,1H3;1H. The number of nitrogens with zero attached hydrogens (tertiary/aromatic N) is 2. The minimum Gasteiger partial charge on any atom is -0.335 e. The van der Waals surface area contributed by atoms with Crippen molar-refractivity contribution in [1.82, 2.24) is 15.1 Å². The molecular formula is C20H32ClN3OS. The Hall–Kier alpha value is -0.620. The molecule has 2 saturated heterocycles. The van der Waals surface area contributed by atoms with Crippen LogP contribution < -0.4 is 5.32 Å². The Morgan fingerprint density at radius 1 is 1.35 bits per heavy atom. The highest BCUT2D eigenvalue weighted by Crippen LogP contribution is 2.57. The van der Waals surface area contributed by atoms with E-state index < -0.39 is 0 Å². The van der Waals surface area contributed by atoms with E-state index in [0.717, 1.165) is 12.5 Å². The van der Waals surface area contributed by atoms with Gasteiger partial charge in [0, 0.05) is 26.1 Å². The monoisotopic (exact) mass is 397 g/mol. The van der Waals surface area contributed by atoms with Gasteiger partial charge in [-0.1, -0.05) is 0 Å². The van der Waals surface area contributed by atoms with Crippen LogP contribution in [0.2, 0.25) is 0 Å². The van der Waals surface area contributed by atoms with Crippen LogP contribution in [0, 0.1) is 11.3 Å². The molecule has 0 aromatic carbocycles. The number of hydrogen-bond donors (Lipinski definition) is 1. The minimum atomic E-state index is 0. The summed E-state index contributed by atoms with van der Waals surface area (Å²) in [4.78, 5) is 17.0. The van der Waals surface area contributed by atoms with Gasteiger partial charge in [0.1, 0.15) is 0 Å². The van der Waals surface area contributed by atoms with E-state index in [1.807, 2.05) is 0 Å². The lowest BCUT2D eigenvalue weighted by atomic mass is 9.90. The largest absolute Gasteiger partial charge is 0.335 e. The zero-order valence-electron chi connectivity index (χ0n) is 15.8. The van der Waals surface area contributed by atoms with Crippen LogP contribution in [0.15, 0.2) is 16.8 Å². The number of likely N-dealkylation sites (tertiary alicyclic amines) is 1. The first-order valence-corrected chi connectivity index (χ1v) is 10.8. The molecule has 6 heteroatoms. The van der Waals surface area contributed by atoms with Gasteiger partial charge in [-0.2, -0.15) is 11.3 Å². The SMILES string of the molecule is CC(=O)N(Cc1ccsc1)C1CC12CCN(CC1CCNCC1)CC2.Cl. The predicted octanol–water partition coefficient (Wildman–Crippen LogP) is 3.37. The molecule has 1 saturated carbocycles. The molecule has 4 nitrogen and oxygen atoms in total. The van der Waals surface area contributed by atoms with E-state index in [1.165, 1.54) is 70.4 Å². The van der Waals surface area contributed by atoms with E-state index in [1.54, 1.807) is 18.3 Å². The number of nitrogens with one attached hydrogen (secondary N) is 1. The Bertz CT molecular complexity index is 580. The van der Waals surface area contributed by atoms with Gasteiger partial charge < -0.3 is 15.1 Å². The molecule has 1 N–H and O–H groups in total. The van der Waals surface area contributed by atoms with Gasteiger partial charge in [-0.3, -0.25) is 4.79 Å². The first kappa shape index (κ1) is 20.1. The second-order valence-corrected chi connectivity index (χ2v) is 9.13. The van der Waals surface area contributed by atoms with Crippen molar-refractivity contribution in [1.29, 1.82) is 0 Å². The van der Waals surface area contributed by atoms with Crippen molar-refractivity contribution in [3.05, 3.63) is 22.4 Å². The molecule has 146 valence electrons. The van der Waals surface area contributed by atoms with E-state index in [-0.39, 0.29) is 18.3 Å². The van der Waals surface area contributed by atoms with Crippen LogP contribution in [0.4, 0.5) is 0 Å². The van der Waals surface area contributed by atoms with Gasteiger partial charge in [0.25, 0.3) is 0 Å². The van der Waals surface area contributed by atoms with Gasteiger partial charge in [0.2, 0.25) is 5.91 Å². The Balaban J connectivity index is 0.00000196. The third-order valence-corrected chi connectivity index (χ3v) is 7.42. The summed E-state index contributed by atoms with van der Waals surface area (Å²) in [5.41, 5.74) is 1.71. The zero-order chi connectivity index (χ0) is 17.3. The molecule has 4 rings (SSSR count). The highest BCUT2D eigenvalue weighted by molar-refractivity contribution is 7.07. The number of piperidine rings is 2. The number of hydrogen-bond acceptors (Lipinski definition) is 4. The molecule has 1 amide bonds. The van der Waals surface area contributed by atoms with Crippen molar-refractivity contribution in [2.45, 2.75) is 51.6 Å². The summed E-state index contributed by atoms with van der Waals surface area (Å²) in [7, 11) is 0. The average Bonchev–Trinajstić information content (AvgIpc) is 3.04. The van der Waals surface area contributed by atoms with Crippen LogP contribution in [0.3, 0.4) is 0 Å². The molecule has 1 aromatic heterocycles. The Morgan fingerprint density at radius 2 is 2.08 bits per heavy atom. The lowest BCUT2D eigenvalue weighted by molar-refractivity contribution is -0.130. The number of carbonyl (C=O) groups excluding carboxylic acids is 1. The maximum atomic E-state index is 12.2. The second kappa shape index (κ2) is 8.59. The van der Waals surface area contributed by atoms with Crippen LogP contribution in [-0.4, -0.2) is 54.5 Å². The molecule has 1 aromatic rings. The molecule has 26 heavy (non-hydrogen) atoms. The van der Waals surface area contributed by atoms with Crippen LogP contribution in [0.5, 0.6) is 0 Å². The topological polar surface area (TPSA) is 35.6 Å². The smallest absolute Gasteiger partial charge is 0.220 e. The first-order chi connectivity index (χ1) is 12.2. The number of carbonyl (C=O) groups is 1. The minimum absolute atomic E-state index is 0. The Labute approximate surface area is 167 Å². The molecule has 1 atom stereocenters. The van der Waals surface area contributed by atoms with Gasteiger partial charge in [-0.25, -0.2) is 0 Å². The molecule has 3 fully saturated rings. The normalized spacial score (nSPS) is 25.7. The molecule has 1 aliphatic carbocycles. The van der Waals surface area contributed by atoms with E-state index in [9.17, 15) is 4.79 Å². The van der Waals surface area contributed by atoms with Crippen LogP contribution in [0.1, 0.15) is 44.6 Å². The lowest BCUT2D eigenvalue weighted by Gasteiger charge is -2.37. The molecule has 3 heterocycles. The fourth-order valence-corrected chi connectivity index (χ4v) is 5.59. The van der Waals surface area contributed by atoms with Crippen molar-refractivity contribution in [3.63, 3.8) is 0 Å². The fraction of sp³-hybridized carbons (Fsp3) is 0.750. The van der Waals surface area contributed by atoms with Gasteiger partial charge in [-0.05, 0) is 92.0 Å². The maximum absolute atomic E-state index is 12.2. The van der Waals surface area contributed by atoms with Crippen molar-refractivity contribution in [2.75, 3.05) is 32.7 Å². The van der Waals surface area contributed by atoms with E-state index in [2.05, 4.69) is 31.9 Å². The summed E-state index contributed by atoms with van der Waals surface area (Å²) in [5, 5.41) is 7.75. The third kappa shape index (κ3) is 4.44. The molecular weight excluding hydrogens is 366 g/mol. The van der Waals surface area contributed by atoms with Crippen LogP contribution >= 0.6 is 23.7 Å². The van der Waals surface area contributed by atoms with Crippen LogP contribution in [-0.2, 0) is 11.3 Å². The lowest BCUT2D eigenvalue weighted by Crippen LogP contribution is -2.43. The molecule has 0 bridgehead atoms. The molecule has 0 radical (unpaired) electrons. The summed E-state index contributed by atoms with van der Waals surface area (Å²) < 4.78 is 0. The molecule has 3 aliphatic rings. The highest BCUT2D eigenvalue weighted by Gasteiger charge is 2.58. The summed E-state index contributed by atoms with van der Waals surface area (Å²) >= 11 is 1.72. The number of halogens is 1. The summed E-state index contributed by atoms with van der Waals surface area (Å²) in [6.07, 6.45) is 6.44. The Kier molecular flexibility index (Phi) is 6.65. The maximum Gasteiger partial charge on any atom is 0.220 e. The Morgan fingerprint density at radius 3 is 2.69 bits per heavy atom. The molecule has 2 aliphatic heterocycles. The molecule has 1 spiro atoms. The summed E-state index contributed by atoms with van der Waals surface area (Å²) in [5.74, 6) is 1.13. The van der Waals surface area contributed by atoms with Crippen LogP contribution in [0.25, 0.3) is 0 Å². The third-order valence-electron chi connectivity index (χ3n) is 6.69. The molecule has 1 unspecified atom stereocenters. The van der Waals surface area contributed by atoms with Gasteiger partial charge in [-0.15, -0.1) is 12.4 Å². The van der Waals surface area contributed by atoms with Gasteiger partial charge in [0.05, 0.1) is 0 Å². The number of thiophene rings is 1. The summed E-state index contributed by atoms with van der Waals surface area (Å²) in [6, 6.07) is 2.63. The fourth-order valence-electron chi connectivity index (χ4n) is 4.93. The average molecular weight is 398 g/mol. The van der Waals surface area contributed by atoms with Crippen molar-refractivity contribution in [2.24, 2.45) is 11.3 Å². The van der Waals surface area contributed by atoms with Gasteiger partial charge >= 0.3 is 0 Å². The van der Waals surface area contributed by atoms with E-state index >= 15 is 0 Å². The zero-order valence-corrected chi connectivity index (χ0v) is 17.4. The highest BCUT2D eigenvalue weighted by atomic mass is 35.5. The summed E-state index contributed by atoms with van der Waals surface area (Å²) in [6.45, 7) is 8.67. The predicted molar refractivity (Wildman–Crippen MR) is 110 cm³/mol. The van der Waals surface area contributed by atoms with E-state index in [0.29, 0.717) is 11.5 Å². The number of amides is 1. The first-order valence-electron chi connectivity index (χ1n) is 9.88. The van der Waals surface area contributed by atoms with Gasteiger partial charge in [0.15, 0.2) is 0 Å².